The summed E-state index contributed by atoms with van der Waals surface area (Å²) >= 11 is 0. The zero-order valence-corrected chi connectivity index (χ0v) is 14.0. The van der Waals surface area contributed by atoms with Crippen molar-refractivity contribution in [3.8, 4) is 0 Å². The molecule has 0 spiro atoms. The first-order valence-corrected chi connectivity index (χ1v) is 8.64. The van der Waals surface area contributed by atoms with Gasteiger partial charge in [-0.05, 0) is 36.0 Å². The smallest absolute Gasteiger partial charge is 0.255 e. The molecule has 3 heteroatoms. The summed E-state index contributed by atoms with van der Waals surface area (Å²) in [5.74, 6) is 0.497. The Hall–Kier alpha value is -1.87. The third-order valence-electron chi connectivity index (χ3n) is 5.02. The van der Waals surface area contributed by atoms with E-state index in [-0.39, 0.29) is 11.6 Å². The van der Waals surface area contributed by atoms with Crippen molar-refractivity contribution >= 4 is 0 Å². The molecule has 1 aromatic carbocycles. The maximum absolute atomic E-state index is 12.8. The first-order valence-electron chi connectivity index (χ1n) is 8.64. The molecule has 0 amide bonds. The van der Waals surface area contributed by atoms with Crippen molar-refractivity contribution in [2.45, 2.75) is 57.5 Å². The van der Waals surface area contributed by atoms with Crippen LogP contribution in [0.15, 0.2) is 47.4 Å². The summed E-state index contributed by atoms with van der Waals surface area (Å²) in [6.45, 7) is 4.35. The average Bonchev–Trinajstić information content (AvgIpc) is 3.09. The number of rotatable bonds is 4. The molecule has 0 radical (unpaired) electrons. The van der Waals surface area contributed by atoms with E-state index in [1.165, 1.54) is 18.4 Å². The Bertz CT molecular complexity index is 709. The number of aromatic nitrogens is 1. The van der Waals surface area contributed by atoms with E-state index in [2.05, 4.69) is 26.0 Å². The predicted molar refractivity (Wildman–Crippen MR) is 94.8 cm³/mol. The molecule has 122 valence electrons. The van der Waals surface area contributed by atoms with Gasteiger partial charge in [0, 0.05) is 17.8 Å². The molecule has 1 heterocycles. The Morgan fingerprint density at radius 2 is 1.65 bits per heavy atom. The van der Waals surface area contributed by atoms with Crippen molar-refractivity contribution in [2.24, 2.45) is 5.73 Å². The first-order chi connectivity index (χ1) is 11.1. The van der Waals surface area contributed by atoms with Gasteiger partial charge in [0.2, 0.25) is 0 Å². The normalized spacial score (nSPS) is 16.9. The van der Waals surface area contributed by atoms with E-state index in [0.717, 1.165) is 18.4 Å². The summed E-state index contributed by atoms with van der Waals surface area (Å²) in [6.07, 6.45) is 6.54. The molecular weight excluding hydrogens is 284 g/mol. The molecule has 1 atom stereocenters. The van der Waals surface area contributed by atoms with Gasteiger partial charge in [0.15, 0.2) is 0 Å². The second kappa shape index (κ2) is 6.71. The Morgan fingerprint density at radius 3 is 2.26 bits per heavy atom. The van der Waals surface area contributed by atoms with Crippen molar-refractivity contribution < 1.29 is 0 Å². The molecule has 1 saturated carbocycles. The van der Waals surface area contributed by atoms with E-state index in [0.29, 0.717) is 17.5 Å². The van der Waals surface area contributed by atoms with Gasteiger partial charge in [-0.2, -0.15) is 0 Å². The van der Waals surface area contributed by atoms with E-state index in [9.17, 15) is 4.79 Å². The van der Waals surface area contributed by atoms with Crippen molar-refractivity contribution in [1.29, 1.82) is 0 Å². The van der Waals surface area contributed by atoms with Crippen LogP contribution in [0.1, 0.15) is 74.2 Å². The first kappa shape index (κ1) is 16.0. The number of nitrogens with two attached hydrogens (primary N) is 1. The van der Waals surface area contributed by atoms with Gasteiger partial charge in [0.1, 0.15) is 0 Å². The molecule has 3 rings (SSSR count). The van der Waals surface area contributed by atoms with Crippen molar-refractivity contribution in [1.82, 2.24) is 4.57 Å². The zero-order valence-electron chi connectivity index (χ0n) is 14.0. The van der Waals surface area contributed by atoms with Crippen molar-refractivity contribution in [3.05, 3.63) is 69.6 Å². The van der Waals surface area contributed by atoms with E-state index < -0.39 is 0 Å². The van der Waals surface area contributed by atoms with Crippen LogP contribution in [-0.4, -0.2) is 4.57 Å². The molecule has 1 unspecified atom stereocenters. The van der Waals surface area contributed by atoms with Crippen LogP contribution >= 0.6 is 0 Å². The quantitative estimate of drug-likeness (QED) is 0.923. The molecular formula is C20H26N2O. The minimum absolute atomic E-state index is 0.0693. The Labute approximate surface area is 138 Å². The Balaban J connectivity index is 1.91. The fourth-order valence-electron chi connectivity index (χ4n) is 3.50. The largest absolute Gasteiger partial charge is 0.320 e. The third-order valence-corrected chi connectivity index (χ3v) is 5.02. The Morgan fingerprint density at radius 1 is 1.04 bits per heavy atom. The highest BCUT2D eigenvalue weighted by molar-refractivity contribution is 5.33. The Kier molecular flexibility index (Phi) is 4.67. The zero-order chi connectivity index (χ0) is 16.4. The molecule has 0 bridgehead atoms. The predicted octanol–water partition coefficient (Wildman–Crippen LogP) is 4.13. The minimum atomic E-state index is -0.363. The molecule has 1 aromatic heterocycles. The SMILES string of the molecule is CC(C)c1ccc(C(N)c2cccn(C3CCCC3)c2=O)cc1. The van der Waals surface area contributed by atoms with Crippen molar-refractivity contribution in [2.75, 3.05) is 0 Å². The van der Waals surface area contributed by atoms with Crippen molar-refractivity contribution in [3.63, 3.8) is 0 Å². The second-order valence-corrected chi connectivity index (χ2v) is 6.91. The number of benzene rings is 1. The van der Waals surface area contributed by atoms with Crippen LogP contribution < -0.4 is 11.3 Å². The highest BCUT2D eigenvalue weighted by Gasteiger charge is 2.20. The van der Waals surface area contributed by atoms with E-state index in [1.807, 2.05) is 35.0 Å². The second-order valence-electron chi connectivity index (χ2n) is 6.91. The summed E-state index contributed by atoms with van der Waals surface area (Å²) in [4.78, 5) is 12.8. The van der Waals surface area contributed by atoms with E-state index >= 15 is 0 Å². The molecule has 3 nitrogen and oxygen atoms in total. The van der Waals surface area contributed by atoms with Gasteiger partial charge in [0.25, 0.3) is 5.56 Å². The third kappa shape index (κ3) is 3.25. The topological polar surface area (TPSA) is 48.0 Å². The average molecular weight is 310 g/mol. The summed E-state index contributed by atoms with van der Waals surface area (Å²) in [5, 5.41) is 0. The van der Waals surface area contributed by atoms with Gasteiger partial charge in [-0.15, -0.1) is 0 Å². The van der Waals surface area contributed by atoms with E-state index in [4.69, 9.17) is 5.73 Å². The highest BCUT2D eigenvalue weighted by Crippen LogP contribution is 2.28. The van der Waals surface area contributed by atoms with Gasteiger partial charge >= 0.3 is 0 Å². The lowest BCUT2D eigenvalue weighted by Crippen LogP contribution is -2.30. The van der Waals surface area contributed by atoms with Crippen LogP contribution in [-0.2, 0) is 0 Å². The van der Waals surface area contributed by atoms with Crippen LogP contribution in [0, 0.1) is 0 Å². The summed E-state index contributed by atoms with van der Waals surface area (Å²) in [7, 11) is 0. The standard InChI is InChI=1S/C20H26N2O/c1-14(2)15-9-11-16(12-10-15)19(21)18-8-5-13-22(20(18)23)17-6-3-4-7-17/h5,8-14,17,19H,3-4,6-7,21H2,1-2H3. The molecule has 1 aliphatic carbocycles. The van der Waals surface area contributed by atoms with Gasteiger partial charge in [-0.1, -0.05) is 57.0 Å². The number of pyridine rings is 1. The summed E-state index contributed by atoms with van der Waals surface area (Å²) in [6, 6.07) is 12.1. The fourth-order valence-corrected chi connectivity index (χ4v) is 3.50. The van der Waals surface area contributed by atoms with E-state index in [1.54, 1.807) is 0 Å². The van der Waals surface area contributed by atoms with Gasteiger partial charge in [-0.25, -0.2) is 0 Å². The van der Waals surface area contributed by atoms with Crippen LogP contribution in [0.25, 0.3) is 0 Å². The van der Waals surface area contributed by atoms with Crippen LogP contribution in [0.3, 0.4) is 0 Å². The highest BCUT2D eigenvalue weighted by atomic mass is 16.1. The maximum Gasteiger partial charge on any atom is 0.255 e. The summed E-state index contributed by atoms with van der Waals surface area (Å²) < 4.78 is 1.89. The van der Waals surface area contributed by atoms with Gasteiger partial charge < -0.3 is 10.3 Å². The lowest BCUT2D eigenvalue weighted by atomic mass is 9.96. The monoisotopic (exact) mass is 310 g/mol. The number of hydrogen-bond donors (Lipinski definition) is 1. The maximum atomic E-state index is 12.8. The molecule has 0 saturated heterocycles. The number of nitrogens with zero attached hydrogens (tertiary/aromatic N) is 1. The lowest BCUT2D eigenvalue weighted by Gasteiger charge is -2.18. The molecule has 0 aliphatic heterocycles. The molecule has 1 fully saturated rings. The minimum Gasteiger partial charge on any atom is -0.320 e. The molecule has 23 heavy (non-hydrogen) atoms. The van der Waals surface area contributed by atoms with Crippen LogP contribution in [0.4, 0.5) is 0 Å². The molecule has 1 aliphatic rings. The van der Waals surface area contributed by atoms with Crippen LogP contribution in [0.5, 0.6) is 0 Å². The van der Waals surface area contributed by atoms with Crippen LogP contribution in [0.2, 0.25) is 0 Å². The molecule has 2 N–H and O–H groups in total. The van der Waals surface area contributed by atoms with Gasteiger partial charge in [0.05, 0.1) is 6.04 Å². The summed E-state index contributed by atoms with van der Waals surface area (Å²) in [5.41, 5.74) is 9.44. The number of hydrogen-bond acceptors (Lipinski definition) is 2. The molecule has 2 aromatic rings. The lowest BCUT2D eigenvalue weighted by molar-refractivity contribution is 0.497. The van der Waals surface area contributed by atoms with Gasteiger partial charge in [-0.3, -0.25) is 4.79 Å². The fraction of sp³-hybridized carbons (Fsp3) is 0.450.